The first-order valence-corrected chi connectivity index (χ1v) is 10.2. The van der Waals surface area contributed by atoms with E-state index in [1.54, 1.807) is 0 Å². The number of hydrogen-bond donors (Lipinski definition) is 1. The fourth-order valence-corrected chi connectivity index (χ4v) is 3.87. The van der Waals surface area contributed by atoms with E-state index in [0.717, 1.165) is 34.5 Å². The number of carbonyl (C=O) groups excluding carboxylic acids is 1. The summed E-state index contributed by atoms with van der Waals surface area (Å²) in [6.45, 7) is 9.44. The molecule has 4 heteroatoms. The van der Waals surface area contributed by atoms with Crippen LogP contribution in [0.25, 0.3) is 0 Å². The van der Waals surface area contributed by atoms with Crippen LogP contribution < -0.4 is 10.1 Å². The van der Waals surface area contributed by atoms with Crippen molar-refractivity contribution in [3.63, 3.8) is 0 Å². The summed E-state index contributed by atoms with van der Waals surface area (Å²) in [4.78, 5) is 13.4. The molecule has 0 radical (unpaired) electrons. The van der Waals surface area contributed by atoms with Crippen molar-refractivity contribution in [2.75, 3.05) is 18.5 Å². The van der Waals surface area contributed by atoms with Gasteiger partial charge in [-0.3, -0.25) is 4.79 Å². The molecule has 1 fully saturated rings. The average molecular weight is 382 g/mol. The van der Waals surface area contributed by atoms with Gasteiger partial charge in [0.05, 0.1) is 11.5 Å². The molecular formula is C24H31NO3. The van der Waals surface area contributed by atoms with Crippen molar-refractivity contribution in [3.8, 4) is 5.75 Å². The molecule has 28 heavy (non-hydrogen) atoms. The molecule has 1 amide bonds. The Bertz CT molecular complexity index is 787. The molecule has 4 nitrogen and oxygen atoms in total. The maximum absolute atomic E-state index is 13.4. The van der Waals surface area contributed by atoms with Gasteiger partial charge in [-0.05, 0) is 68.9 Å². The van der Waals surface area contributed by atoms with Crippen LogP contribution in [-0.2, 0) is 14.9 Å². The molecule has 1 heterocycles. The van der Waals surface area contributed by atoms with Gasteiger partial charge in [0.15, 0.2) is 0 Å². The van der Waals surface area contributed by atoms with Crippen LogP contribution >= 0.6 is 0 Å². The van der Waals surface area contributed by atoms with Gasteiger partial charge in [-0.2, -0.15) is 0 Å². The van der Waals surface area contributed by atoms with Gasteiger partial charge in [0, 0.05) is 18.9 Å². The lowest BCUT2D eigenvalue weighted by Gasteiger charge is -2.36. The number of carbonyl (C=O) groups is 1. The molecule has 1 aliphatic heterocycles. The van der Waals surface area contributed by atoms with Gasteiger partial charge in [-0.25, -0.2) is 0 Å². The Balaban J connectivity index is 1.86. The summed E-state index contributed by atoms with van der Waals surface area (Å²) in [6, 6.07) is 14.1. The number of anilines is 1. The number of aryl methyl sites for hydroxylation is 2. The Kier molecular flexibility index (Phi) is 6.40. The van der Waals surface area contributed by atoms with Gasteiger partial charge in [-0.1, -0.05) is 37.3 Å². The molecule has 2 aromatic carbocycles. The van der Waals surface area contributed by atoms with Crippen molar-refractivity contribution in [2.45, 2.75) is 58.5 Å². The van der Waals surface area contributed by atoms with Crippen LogP contribution in [0.15, 0.2) is 42.5 Å². The Hall–Kier alpha value is -2.33. The summed E-state index contributed by atoms with van der Waals surface area (Å²) >= 11 is 0. The Morgan fingerprint density at radius 2 is 1.75 bits per heavy atom. The van der Waals surface area contributed by atoms with Crippen LogP contribution in [0.5, 0.6) is 5.75 Å². The van der Waals surface area contributed by atoms with E-state index in [9.17, 15) is 4.79 Å². The zero-order chi connectivity index (χ0) is 20.1. The largest absolute Gasteiger partial charge is 0.490 e. The third kappa shape index (κ3) is 4.22. The smallest absolute Gasteiger partial charge is 0.235 e. The van der Waals surface area contributed by atoms with Gasteiger partial charge in [0.1, 0.15) is 5.75 Å². The lowest BCUT2D eigenvalue weighted by molar-refractivity contribution is -0.125. The molecule has 1 saturated heterocycles. The first kappa shape index (κ1) is 20.4. The minimum Gasteiger partial charge on any atom is -0.490 e. The fraction of sp³-hybridized carbons (Fsp3) is 0.458. The fourth-order valence-electron chi connectivity index (χ4n) is 3.87. The molecule has 0 aromatic heterocycles. The van der Waals surface area contributed by atoms with Crippen molar-refractivity contribution < 1.29 is 14.3 Å². The molecule has 0 spiro atoms. The van der Waals surface area contributed by atoms with Crippen molar-refractivity contribution in [2.24, 2.45) is 0 Å². The Morgan fingerprint density at radius 1 is 1.14 bits per heavy atom. The second-order valence-corrected chi connectivity index (χ2v) is 7.79. The first-order chi connectivity index (χ1) is 13.5. The molecule has 1 aliphatic rings. The second kappa shape index (κ2) is 8.78. The van der Waals surface area contributed by atoms with E-state index in [2.05, 4.69) is 19.2 Å². The Labute approximate surface area is 168 Å². The summed E-state index contributed by atoms with van der Waals surface area (Å²) < 4.78 is 11.6. The number of nitrogens with one attached hydrogen (secondary N) is 1. The Morgan fingerprint density at radius 3 is 2.32 bits per heavy atom. The second-order valence-electron chi connectivity index (χ2n) is 7.79. The highest BCUT2D eigenvalue weighted by atomic mass is 16.5. The van der Waals surface area contributed by atoms with E-state index in [0.29, 0.717) is 26.1 Å². The summed E-state index contributed by atoms with van der Waals surface area (Å²) in [5.74, 6) is 0.951. The summed E-state index contributed by atoms with van der Waals surface area (Å²) in [7, 11) is 0. The van der Waals surface area contributed by atoms with Crippen LogP contribution in [0.1, 0.15) is 49.8 Å². The number of benzene rings is 2. The van der Waals surface area contributed by atoms with Crippen molar-refractivity contribution in [1.82, 2.24) is 0 Å². The van der Waals surface area contributed by atoms with E-state index in [1.165, 1.54) is 0 Å². The number of rotatable bonds is 6. The quantitative estimate of drug-likeness (QED) is 0.751. The van der Waals surface area contributed by atoms with Crippen molar-refractivity contribution in [1.29, 1.82) is 0 Å². The summed E-state index contributed by atoms with van der Waals surface area (Å²) in [6.07, 6.45) is 2.51. The average Bonchev–Trinajstić information content (AvgIpc) is 2.71. The summed E-state index contributed by atoms with van der Waals surface area (Å²) in [5, 5.41) is 3.18. The topological polar surface area (TPSA) is 47.6 Å². The molecular weight excluding hydrogens is 350 g/mol. The van der Waals surface area contributed by atoms with E-state index >= 15 is 0 Å². The van der Waals surface area contributed by atoms with Crippen LogP contribution in [-0.4, -0.2) is 25.2 Å². The lowest BCUT2D eigenvalue weighted by Crippen LogP contribution is -2.44. The molecule has 0 aliphatic carbocycles. The third-order valence-corrected chi connectivity index (χ3v) is 5.72. The SMILES string of the molecule is CC[C@H](C)Oc1c(C)cc(NC(=O)C2(c3ccccc3)CCOCC2)cc1C. The maximum Gasteiger partial charge on any atom is 0.235 e. The van der Waals surface area contributed by atoms with E-state index in [-0.39, 0.29) is 12.0 Å². The number of amides is 1. The normalized spacial score (nSPS) is 17.0. The molecule has 0 saturated carbocycles. The molecule has 0 bridgehead atoms. The van der Waals surface area contributed by atoms with Gasteiger partial charge in [-0.15, -0.1) is 0 Å². The van der Waals surface area contributed by atoms with Crippen LogP contribution in [0.2, 0.25) is 0 Å². The highest BCUT2D eigenvalue weighted by Crippen LogP contribution is 2.37. The zero-order valence-corrected chi connectivity index (χ0v) is 17.4. The zero-order valence-electron chi connectivity index (χ0n) is 17.4. The van der Waals surface area contributed by atoms with Crippen LogP contribution in [0, 0.1) is 13.8 Å². The van der Waals surface area contributed by atoms with E-state index in [4.69, 9.17) is 9.47 Å². The van der Waals surface area contributed by atoms with Gasteiger partial charge < -0.3 is 14.8 Å². The van der Waals surface area contributed by atoms with Crippen molar-refractivity contribution in [3.05, 3.63) is 59.2 Å². The highest BCUT2D eigenvalue weighted by molar-refractivity contribution is 5.99. The lowest BCUT2D eigenvalue weighted by atomic mass is 9.73. The van der Waals surface area contributed by atoms with Gasteiger partial charge >= 0.3 is 0 Å². The van der Waals surface area contributed by atoms with E-state index in [1.807, 2.05) is 56.3 Å². The first-order valence-electron chi connectivity index (χ1n) is 10.2. The van der Waals surface area contributed by atoms with E-state index < -0.39 is 5.41 Å². The van der Waals surface area contributed by atoms with Crippen LogP contribution in [0.3, 0.4) is 0 Å². The van der Waals surface area contributed by atoms with Gasteiger partial charge in [0.2, 0.25) is 5.91 Å². The maximum atomic E-state index is 13.4. The standard InChI is InChI=1S/C24H31NO3/c1-5-19(4)28-22-17(2)15-21(16-18(22)3)25-23(26)24(11-13-27-14-12-24)20-9-7-6-8-10-20/h6-10,15-16,19H,5,11-14H2,1-4H3,(H,25,26)/t19-/m0/s1. The molecule has 1 N–H and O–H groups in total. The minimum absolute atomic E-state index is 0.0383. The molecule has 1 atom stereocenters. The molecule has 3 rings (SSSR count). The molecule has 2 aromatic rings. The van der Waals surface area contributed by atoms with Crippen LogP contribution in [0.4, 0.5) is 5.69 Å². The number of ether oxygens (including phenoxy) is 2. The number of hydrogen-bond acceptors (Lipinski definition) is 3. The predicted octanol–water partition coefficient (Wildman–Crippen LogP) is 5.17. The molecule has 0 unspecified atom stereocenters. The summed E-state index contributed by atoms with van der Waals surface area (Å²) in [5.41, 5.74) is 3.40. The highest BCUT2D eigenvalue weighted by Gasteiger charge is 2.41. The third-order valence-electron chi connectivity index (χ3n) is 5.72. The van der Waals surface area contributed by atoms with Gasteiger partial charge in [0.25, 0.3) is 0 Å². The monoisotopic (exact) mass is 381 g/mol. The predicted molar refractivity (Wildman–Crippen MR) is 113 cm³/mol. The van der Waals surface area contributed by atoms with Crippen molar-refractivity contribution >= 4 is 11.6 Å². The molecule has 150 valence electrons. The minimum atomic E-state index is -0.548.